The summed E-state index contributed by atoms with van der Waals surface area (Å²) in [6.45, 7) is 3.01. The zero-order valence-electron chi connectivity index (χ0n) is 19.3. The molecular weight excluding hydrogens is 438 g/mol. The number of nitrogens with zero attached hydrogens (tertiary/aromatic N) is 1. The third-order valence-corrected chi connectivity index (χ3v) is 8.50. The van der Waals surface area contributed by atoms with E-state index in [0.29, 0.717) is 35.2 Å². The number of aryl methyl sites for hydroxylation is 1. The predicted octanol–water partition coefficient (Wildman–Crippen LogP) is 3.86. The van der Waals surface area contributed by atoms with Crippen LogP contribution in [0.5, 0.6) is 5.75 Å². The van der Waals surface area contributed by atoms with Crippen molar-refractivity contribution in [3.05, 3.63) is 53.6 Å². The molecule has 0 spiro atoms. The standard InChI is InChI=1S/C25H33N3O4S/c1-18-6-11-21(16-23(18)33(30,31)28-14-4-3-5-15-28)26-17-24(29)27-25(19-7-8-19)20-9-12-22(32-2)13-10-20/h6,9-13,16,19,25-26H,3-5,7-8,14-15,17H2,1-2H3,(H,27,29). The van der Waals surface area contributed by atoms with Crippen LogP contribution in [0.2, 0.25) is 0 Å². The summed E-state index contributed by atoms with van der Waals surface area (Å²) in [7, 11) is -1.90. The van der Waals surface area contributed by atoms with Crippen molar-refractivity contribution in [2.24, 2.45) is 5.92 Å². The summed E-state index contributed by atoms with van der Waals surface area (Å²) in [5.41, 5.74) is 2.40. The van der Waals surface area contributed by atoms with Crippen LogP contribution < -0.4 is 15.4 Å². The molecule has 1 amide bonds. The fraction of sp³-hybridized carbons (Fsp3) is 0.480. The molecule has 0 radical (unpaired) electrons. The molecule has 2 aliphatic rings. The second-order valence-corrected chi connectivity index (χ2v) is 10.9. The first-order chi connectivity index (χ1) is 15.9. The average Bonchev–Trinajstić information content (AvgIpc) is 3.68. The monoisotopic (exact) mass is 471 g/mol. The highest BCUT2D eigenvalue weighted by molar-refractivity contribution is 7.89. The van der Waals surface area contributed by atoms with E-state index in [4.69, 9.17) is 4.74 Å². The minimum Gasteiger partial charge on any atom is -0.497 e. The Balaban J connectivity index is 1.41. The Labute approximate surface area is 196 Å². The molecule has 2 aromatic rings. The van der Waals surface area contributed by atoms with E-state index in [1.165, 1.54) is 0 Å². The Morgan fingerprint density at radius 2 is 1.79 bits per heavy atom. The van der Waals surface area contributed by atoms with Gasteiger partial charge in [0.25, 0.3) is 0 Å². The Bertz CT molecular complexity index is 1080. The molecule has 0 aromatic heterocycles. The number of benzene rings is 2. The molecule has 1 heterocycles. The molecule has 33 heavy (non-hydrogen) atoms. The van der Waals surface area contributed by atoms with Crippen LogP contribution in [0.3, 0.4) is 0 Å². The first kappa shape index (κ1) is 23.6. The van der Waals surface area contributed by atoms with Gasteiger partial charge in [-0.25, -0.2) is 8.42 Å². The van der Waals surface area contributed by atoms with E-state index in [-0.39, 0.29) is 18.5 Å². The van der Waals surface area contributed by atoms with Crippen molar-refractivity contribution in [3.63, 3.8) is 0 Å². The van der Waals surface area contributed by atoms with Crippen molar-refractivity contribution in [2.45, 2.75) is 50.0 Å². The molecule has 0 bridgehead atoms. The summed E-state index contributed by atoms with van der Waals surface area (Å²) in [5.74, 6) is 1.11. The number of amides is 1. The normalized spacial score (nSPS) is 17.9. The van der Waals surface area contributed by atoms with Crippen molar-refractivity contribution < 1.29 is 17.9 Å². The lowest BCUT2D eigenvalue weighted by Crippen LogP contribution is -2.36. The molecule has 1 saturated heterocycles. The quantitative estimate of drug-likeness (QED) is 0.580. The summed E-state index contributed by atoms with van der Waals surface area (Å²) in [6.07, 6.45) is 5.06. The Hall–Kier alpha value is -2.58. The van der Waals surface area contributed by atoms with E-state index >= 15 is 0 Å². The van der Waals surface area contributed by atoms with Gasteiger partial charge in [0, 0.05) is 18.8 Å². The van der Waals surface area contributed by atoms with Crippen molar-refractivity contribution >= 4 is 21.6 Å². The summed E-state index contributed by atoms with van der Waals surface area (Å²) in [6, 6.07) is 13.0. The Morgan fingerprint density at radius 3 is 2.42 bits per heavy atom. The fourth-order valence-electron chi connectivity index (χ4n) is 4.35. The van der Waals surface area contributed by atoms with Gasteiger partial charge >= 0.3 is 0 Å². The smallest absolute Gasteiger partial charge is 0.243 e. The maximum Gasteiger partial charge on any atom is 0.243 e. The van der Waals surface area contributed by atoms with Crippen LogP contribution in [-0.2, 0) is 14.8 Å². The number of carbonyl (C=O) groups is 1. The second kappa shape index (κ2) is 10.1. The van der Waals surface area contributed by atoms with Gasteiger partial charge in [0.15, 0.2) is 0 Å². The van der Waals surface area contributed by atoms with E-state index in [2.05, 4.69) is 10.6 Å². The molecule has 8 heteroatoms. The lowest BCUT2D eigenvalue weighted by Gasteiger charge is -2.26. The molecule has 2 N–H and O–H groups in total. The van der Waals surface area contributed by atoms with Gasteiger partial charge in [-0.2, -0.15) is 4.31 Å². The van der Waals surface area contributed by atoms with E-state index in [1.807, 2.05) is 37.3 Å². The van der Waals surface area contributed by atoms with Gasteiger partial charge < -0.3 is 15.4 Å². The third kappa shape index (κ3) is 5.68. The summed E-state index contributed by atoms with van der Waals surface area (Å²) in [4.78, 5) is 13.0. The van der Waals surface area contributed by atoms with Crippen molar-refractivity contribution in [3.8, 4) is 5.75 Å². The average molecular weight is 472 g/mol. The summed E-state index contributed by atoms with van der Waals surface area (Å²) < 4.78 is 33.1. The summed E-state index contributed by atoms with van der Waals surface area (Å²) in [5, 5.41) is 6.25. The predicted molar refractivity (Wildman–Crippen MR) is 129 cm³/mol. The van der Waals surface area contributed by atoms with Crippen LogP contribution in [0.25, 0.3) is 0 Å². The highest BCUT2D eigenvalue weighted by atomic mass is 32.2. The number of ether oxygens (including phenoxy) is 1. The molecule has 1 unspecified atom stereocenters. The number of sulfonamides is 1. The number of carbonyl (C=O) groups excluding carboxylic acids is 1. The zero-order valence-corrected chi connectivity index (χ0v) is 20.2. The third-order valence-electron chi connectivity index (χ3n) is 6.46. The molecule has 1 atom stereocenters. The zero-order chi connectivity index (χ0) is 23.4. The number of nitrogens with one attached hydrogen (secondary N) is 2. The van der Waals surface area contributed by atoms with E-state index in [0.717, 1.165) is 43.4 Å². The fourth-order valence-corrected chi connectivity index (χ4v) is 6.12. The van der Waals surface area contributed by atoms with Crippen LogP contribution in [-0.4, -0.2) is 45.4 Å². The van der Waals surface area contributed by atoms with Crippen LogP contribution in [0.4, 0.5) is 5.69 Å². The molecule has 4 rings (SSSR count). The number of rotatable bonds is 9. The highest BCUT2D eigenvalue weighted by Crippen LogP contribution is 2.41. The highest BCUT2D eigenvalue weighted by Gasteiger charge is 2.33. The second-order valence-electron chi connectivity index (χ2n) is 8.95. The summed E-state index contributed by atoms with van der Waals surface area (Å²) >= 11 is 0. The molecule has 2 aromatic carbocycles. The van der Waals surface area contributed by atoms with Crippen molar-refractivity contribution in [1.29, 1.82) is 0 Å². The van der Waals surface area contributed by atoms with Gasteiger partial charge in [0.2, 0.25) is 15.9 Å². The number of piperidine rings is 1. The van der Waals surface area contributed by atoms with Crippen LogP contribution >= 0.6 is 0 Å². The molecule has 7 nitrogen and oxygen atoms in total. The van der Waals surface area contributed by atoms with E-state index in [9.17, 15) is 13.2 Å². The molecule has 178 valence electrons. The first-order valence-electron chi connectivity index (χ1n) is 11.7. The SMILES string of the molecule is COc1ccc(C(NC(=O)CNc2ccc(C)c(S(=O)(=O)N3CCCCC3)c2)C2CC2)cc1. The number of anilines is 1. The Morgan fingerprint density at radius 1 is 1.09 bits per heavy atom. The maximum atomic E-state index is 13.1. The molecule has 2 fully saturated rings. The number of hydrogen-bond acceptors (Lipinski definition) is 5. The molecular formula is C25H33N3O4S. The minimum atomic E-state index is -3.54. The van der Waals surface area contributed by atoms with E-state index < -0.39 is 10.0 Å². The van der Waals surface area contributed by atoms with E-state index in [1.54, 1.807) is 23.5 Å². The lowest BCUT2D eigenvalue weighted by atomic mass is 10.0. The van der Waals surface area contributed by atoms with Crippen molar-refractivity contribution in [1.82, 2.24) is 9.62 Å². The first-order valence-corrected chi connectivity index (χ1v) is 13.1. The van der Waals surface area contributed by atoms with Gasteiger partial charge in [-0.3, -0.25) is 4.79 Å². The van der Waals surface area contributed by atoms with Gasteiger partial charge in [-0.05, 0) is 73.9 Å². The van der Waals surface area contributed by atoms with Gasteiger partial charge in [-0.15, -0.1) is 0 Å². The molecule has 1 saturated carbocycles. The maximum absolute atomic E-state index is 13.1. The number of methoxy groups -OCH3 is 1. The topological polar surface area (TPSA) is 87.7 Å². The van der Waals surface area contributed by atoms with Crippen LogP contribution in [0.15, 0.2) is 47.4 Å². The molecule has 1 aliphatic carbocycles. The van der Waals surface area contributed by atoms with Gasteiger partial charge in [0.1, 0.15) is 5.75 Å². The van der Waals surface area contributed by atoms with Crippen LogP contribution in [0.1, 0.15) is 49.3 Å². The van der Waals surface area contributed by atoms with Gasteiger partial charge in [-0.1, -0.05) is 24.6 Å². The minimum absolute atomic E-state index is 0.0294. The Kier molecular flexibility index (Phi) is 7.24. The number of hydrogen-bond donors (Lipinski definition) is 2. The van der Waals surface area contributed by atoms with Crippen LogP contribution in [0, 0.1) is 12.8 Å². The largest absolute Gasteiger partial charge is 0.497 e. The van der Waals surface area contributed by atoms with Gasteiger partial charge in [0.05, 0.1) is 24.6 Å². The lowest BCUT2D eigenvalue weighted by molar-refractivity contribution is -0.120. The van der Waals surface area contributed by atoms with Crippen molar-refractivity contribution in [2.75, 3.05) is 32.1 Å². The molecule has 1 aliphatic heterocycles.